The number of allylic oxidation sites excluding steroid dienone is 2. The molecule has 0 amide bonds. The molecule has 124 valence electrons. The maximum Gasteiger partial charge on any atom is 0.145 e. The maximum absolute atomic E-state index is 11.3. The van der Waals surface area contributed by atoms with E-state index in [0.717, 1.165) is 30.6 Å². The van der Waals surface area contributed by atoms with Crippen LogP contribution in [0.4, 0.5) is 0 Å². The van der Waals surface area contributed by atoms with Gasteiger partial charge in [-0.25, -0.2) is 0 Å². The van der Waals surface area contributed by atoms with Crippen molar-refractivity contribution in [2.45, 2.75) is 65.7 Å². The van der Waals surface area contributed by atoms with E-state index < -0.39 is 0 Å². The molecular weight excluding hydrogens is 272 g/mol. The Bertz CT molecular complexity index is 468. The molecule has 0 spiro atoms. The minimum absolute atomic E-state index is 0.102. The van der Waals surface area contributed by atoms with Crippen molar-refractivity contribution in [3.63, 3.8) is 0 Å². The molecule has 3 aliphatic carbocycles. The fraction of sp³-hybridized carbons (Fsp3) is 0.850. The summed E-state index contributed by atoms with van der Waals surface area (Å²) >= 11 is 0. The highest BCUT2D eigenvalue weighted by Crippen LogP contribution is 2.63. The van der Waals surface area contributed by atoms with Crippen LogP contribution in [0, 0.1) is 34.5 Å². The van der Waals surface area contributed by atoms with Crippen LogP contribution in [0.25, 0.3) is 0 Å². The Morgan fingerprint density at radius 1 is 1.32 bits per heavy atom. The second kappa shape index (κ2) is 5.78. The second-order valence-electron chi connectivity index (χ2n) is 8.89. The molecule has 2 heteroatoms. The van der Waals surface area contributed by atoms with Crippen LogP contribution in [0.1, 0.15) is 65.7 Å². The largest absolute Gasteiger partial charge is 0.396 e. The summed E-state index contributed by atoms with van der Waals surface area (Å²) in [4.78, 5) is 11.3. The first-order valence-corrected chi connectivity index (χ1v) is 9.19. The molecule has 0 radical (unpaired) electrons. The average Bonchev–Trinajstić information content (AvgIpc) is 2.67. The maximum atomic E-state index is 11.3. The Labute approximate surface area is 135 Å². The Morgan fingerprint density at radius 2 is 2.09 bits per heavy atom. The van der Waals surface area contributed by atoms with Gasteiger partial charge in [0.2, 0.25) is 0 Å². The van der Waals surface area contributed by atoms with Crippen molar-refractivity contribution in [3.05, 3.63) is 11.6 Å². The molecule has 3 aliphatic rings. The quantitative estimate of drug-likeness (QED) is 0.769. The smallest absolute Gasteiger partial charge is 0.145 e. The fourth-order valence-electron chi connectivity index (χ4n) is 6.48. The molecule has 2 fully saturated rings. The fourth-order valence-corrected chi connectivity index (χ4v) is 6.48. The van der Waals surface area contributed by atoms with E-state index in [4.69, 9.17) is 0 Å². The highest BCUT2D eigenvalue weighted by molar-refractivity contribution is 5.73. The van der Waals surface area contributed by atoms with Crippen LogP contribution < -0.4 is 0 Å². The van der Waals surface area contributed by atoms with Gasteiger partial charge >= 0.3 is 0 Å². The lowest BCUT2D eigenvalue weighted by molar-refractivity contribution is -0.125. The van der Waals surface area contributed by atoms with Crippen LogP contribution in [0.3, 0.4) is 0 Å². The monoisotopic (exact) mass is 304 g/mol. The molecule has 0 aromatic heterocycles. The third-order valence-corrected chi connectivity index (χ3v) is 7.69. The first kappa shape index (κ1) is 16.2. The van der Waals surface area contributed by atoms with Crippen molar-refractivity contribution in [2.24, 2.45) is 34.5 Å². The van der Waals surface area contributed by atoms with Gasteiger partial charge in [-0.05, 0) is 78.6 Å². The van der Waals surface area contributed by atoms with Gasteiger partial charge in [0.25, 0.3) is 0 Å². The van der Waals surface area contributed by atoms with Gasteiger partial charge in [-0.15, -0.1) is 0 Å². The molecule has 1 N–H and O–H groups in total. The van der Waals surface area contributed by atoms with Crippen LogP contribution in [0.5, 0.6) is 0 Å². The normalized spacial score (nSPS) is 48.6. The van der Waals surface area contributed by atoms with Crippen molar-refractivity contribution < 1.29 is 9.90 Å². The highest BCUT2D eigenvalue weighted by Gasteiger charge is 2.56. The molecule has 0 bridgehead atoms. The molecule has 0 heterocycles. The van der Waals surface area contributed by atoms with Crippen LogP contribution in [-0.2, 0) is 4.79 Å². The van der Waals surface area contributed by atoms with Crippen molar-refractivity contribution in [2.75, 3.05) is 6.61 Å². The van der Waals surface area contributed by atoms with Crippen LogP contribution in [0.2, 0.25) is 0 Å². The summed E-state index contributed by atoms with van der Waals surface area (Å²) in [7, 11) is 0. The van der Waals surface area contributed by atoms with E-state index in [1.54, 1.807) is 0 Å². The highest BCUT2D eigenvalue weighted by atomic mass is 16.3. The minimum Gasteiger partial charge on any atom is -0.396 e. The third kappa shape index (κ3) is 2.38. The standard InChI is InChI=1S/C20H32O2/c1-14-11-15(12-21)5-7-17-16(14)6-8-18-19(2,13-22)9-4-10-20(17,18)3/h5,12,14,16-18,22H,4,6-11,13H2,1-3H3. The second-order valence-corrected chi connectivity index (χ2v) is 8.89. The van der Waals surface area contributed by atoms with Gasteiger partial charge in [-0.1, -0.05) is 33.3 Å². The summed E-state index contributed by atoms with van der Waals surface area (Å²) in [5.41, 5.74) is 1.45. The third-order valence-electron chi connectivity index (χ3n) is 7.69. The van der Waals surface area contributed by atoms with Crippen molar-refractivity contribution >= 4 is 6.29 Å². The lowest BCUT2D eigenvalue weighted by Crippen LogP contribution is -2.54. The Hall–Kier alpha value is -0.630. The molecule has 0 aromatic rings. The number of carbonyl (C=O) groups is 1. The van der Waals surface area contributed by atoms with E-state index in [-0.39, 0.29) is 5.41 Å². The van der Waals surface area contributed by atoms with E-state index in [9.17, 15) is 9.90 Å². The number of aliphatic hydroxyl groups is 1. The van der Waals surface area contributed by atoms with Gasteiger partial charge in [0.15, 0.2) is 0 Å². The summed E-state index contributed by atoms with van der Waals surface area (Å²) < 4.78 is 0. The number of hydrogen-bond acceptors (Lipinski definition) is 2. The Kier molecular flexibility index (Phi) is 4.26. The zero-order valence-corrected chi connectivity index (χ0v) is 14.5. The lowest BCUT2D eigenvalue weighted by atomic mass is 9.45. The van der Waals surface area contributed by atoms with Crippen LogP contribution in [0.15, 0.2) is 11.6 Å². The number of hydrogen-bond donors (Lipinski definition) is 1. The van der Waals surface area contributed by atoms with E-state index >= 15 is 0 Å². The summed E-state index contributed by atoms with van der Waals surface area (Å²) in [6, 6.07) is 0. The predicted octanol–water partition coefficient (Wildman–Crippen LogP) is 4.37. The van der Waals surface area contributed by atoms with Gasteiger partial charge in [-0.2, -0.15) is 0 Å². The van der Waals surface area contributed by atoms with E-state index in [2.05, 4.69) is 26.8 Å². The number of aldehydes is 1. The summed E-state index contributed by atoms with van der Waals surface area (Å²) in [6.45, 7) is 7.48. The molecule has 0 aromatic carbocycles. The Balaban J connectivity index is 1.95. The molecule has 2 saturated carbocycles. The SMILES string of the molecule is CC1CC(C=O)=CCC2C1CCC1C(C)(CO)CCCC21C. The molecule has 0 aliphatic heterocycles. The zero-order valence-electron chi connectivity index (χ0n) is 14.5. The van der Waals surface area contributed by atoms with Crippen molar-refractivity contribution in [1.82, 2.24) is 0 Å². The average molecular weight is 304 g/mol. The zero-order chi connectivity index (χ0) is 16.0. The number of carbonyl (C=O) groups excluding carboxylic acids is 1. The van der Waals surface area contributed by atoms with Gasteiger partial charge in [-0.3, -0.25) is 4.79 Å². The lowest BCUT2D eigenvalue weighted by Gasteiger charge is -2.60. The van der Waals surface area contributed by atoms with E-state index in [1.165, 1.54) is 32.1 Å². The molecule has 2 nitrogen and oxygen atoms in total. The van der Waals surface area contributed by atoms with Crippen molar-refractivity contribution in [1.29, 1.82) is 0 Å². The van der Waals surface area contributed by atoms with Gasteiger partial charge in [0, 0.05) is 6.61 Å². The van der Waals surface area contributed by atoms with Gasteiger partial charge < -0.3 is 5.11 Å². The summed E-state index contributed by atoms with van der Waals surface area (Å²) in [5, 5.41) is 10.0. The van der Waals surface area contributed by atoms with Gasteiger partial charge in [0.05, 0.1) is 0 Å². The van der Waals surface area contributed by atoms with Crippen molar-refractivity contribution in [3.8, 4) is 0 Å². The van der Waals surface area contributed by atoms with E-state index in [0.29, 0.717) is 29.8 Å². The number of aliphatic hydroxyl groups excluding tert-OH is 1. The molecule has 3 rings (SSSR count). The number of fused-ring (bicyclic) bond motifs is 3. The molecular formula is C20H32O2. The first-order valence-electron chi connectivity index (χ1n) is 9.19. The first-order chi connectivity index (χ1) is 10.4. The summed E-state index contributed by atoms with van der Waals surface area (Å²) in [5.74, 6) is 2.68. The van der Waals surface area contributed by atoms with Gasteiger partial charge in [0.1, 0.15) is 6.29 Å². The van der Waals surface area contributed by atoms with Crippen LogP contribution >= 0.6 is 0 Å². The molecule has 6 unspecified atom stereocenters. The molecule has 6 atom stereocenters. The predicted molar refractivity (Wildman–Crippen MR) is 89.4 cm³/mol. The number of rotatable bonds is 2. The topological polar surface area (TPSA) is 37.3 Å². The minimum atomic E-state index is 0.102. The Morgan fingerprint density at radius 3 is 2.77 bits per heavy atom. The summed E-state index contributed by atoms with van der Waals surface area (Å²) in [6.07, 6.45) is 11.6. The van der Waals surface area contributed by atoms with Crippen LogP contribution in [-0.4, -0.2) is 18.0 Å². The van der Waals surface area contributed by atoms with E-state index in [1.807, 2.05) is 0 Å². The molecule has 22 heavy (non-hydrogen) atoms. The molecule has 0 saturated heterocycles.